The summed E-state index contributed by atoms with van der Waals surface area (Å²) in [6.07, 6.45) is 5.25. The second-order valence-corrected chi connectivity index (χ2v) is 6.80. The van der Waals surface area contributed by atoms with E-state index < -0.39 is 0 Å². The highest BCUT2D eigenvalue weighted by molar-refractivity contribution is 5.78. The molecule has 126 valence electrons. The van der Waals surface area contributed by atoms with Gasteiger partial charge in [0.15, 0.2) is 0 Å². The lowest BCUT2D eigenvalue weighted by Gasteiger charge is -2.27. The van der Waals surface area contributed by atoms with Crippen molar-refractivity contribution in [1.82, 2.24) is 19.4 Å². The van der Waals surface area contributed by atoms with Gasteiger partial charge in [-0.3, -0.25) is 9.69 Å². The Labute approximate surface area is 142 Å². The van der Waals surface area contributed by atoms with E-state index in [1.165, 1.54) is 25.9 Å². The fraction of sp³-hybridized carbons (Fsp3) is 0.474. The first-order valence-corrected chi connectivity index (χ1v) is 8.87. The fourth-order valence-corrected chi connectivity index (χ4v) is 3.65. The Morgan fingerprint density at radius 2 is 1.83 bits per heavy atom. The summed E-state index contributed by atoms with van der Waals surface area (Å²) >= 11 is 0. The van der Waals surface area contributed by atoms with Crippen molar-refractivity contribution in [2.24, 2.45) is 0 Å². The van der Waals surface area contributed by atoms with Gasteiger partial charge in [0.1, 0.15) is 5.82 Å². The molecule has 0 atom stereocenters. The molecule has 24 heavy (non-hydrogen) atoms. The number of rotatable bonds is 4. The van der Waals surface area contributed by atoms with Crippen LogP contribution < -0.4 is 0 Å². The van der Waals surface area contributed by atoms with Gasteiger partial charge >= 0.3 is 0 Å². The molecule has 0 aliphatic carbocycles. The SMILES string of the molecule is O=C(Cc1ccccc1)N1CCn2cc(CN3CCCC3)nc2C1. The number of carbonyl (C=O) groups excluding carboxylic acids is 1. The minimum Gasteiger partial charge on any atom is -0.333 e. The fourth-order valence-electron chi connectivity index (χ4n) is 3.65. The Hall–Kier alpha value is -2.14. The summed E-state index contributed by atoms with van der Waals surface area (Å²) in [4.78, 5) is 21.7. The lowest BCUT2D eigenvalue weighted by atomic mass is 10.1. The van der Waals surface area contributed by atoms with Crippen molar-refractivity contribution in [3.8, 4) is 0 Å². The van der Waals surface area contributed by atoms with Gasteiger partial charge in [-0.05, 0) is 31.5 Å². The number of hydrogen-bond acceptors (Lipinski definition) is 3. The van der Waals surface area contributed by atoms with Crippen LogP contribution in [-0.4, -0.2) is 44.9 Å². The predicted molar refractivity (Wildman–Crippen MR) is 92.3 cm³/mol. The Morgan fingerprint density at radius 1 is 1.04 bits per heavy atom. The van der Waals surface area contributed by atoms with Crippen LogP contribution in [0.15, 0.2) is 36.5 Å². The molecule has 0 bridgehead atoms. The molecule has 1 amide bonds. The summed E-state index contributed by atoms with van der Waals surface area (Å²) in [5, 5.41) is 0. The van der Waals surface area contributed by atoms with Crippen LogP contribution in [0.1, 0.15) is 29.9 Å². The van der Waals surface area contributed by atoms with Crippen LogP contribution in [0.5, 0.6) is 0 Å². The molecule has 4 rings (SSSR count). The van der Waals surface area contributed by atoms with Gasteiger partial charge in [0.05, 0.1) is 18.7 Å². The van der Waals surface area contributed by atoms with E-state index in [-0.39, 0.29) is 5.91 Å². The normalized spacial score (nSPS) is 17.9. The maximum atomic E-state index is 12.5. The van der Waals surface area contributed by atoms with Crippen molar-refractivity contribution in [3.05, 3.63) is 53.6 Å². The Kier molecular flexibility index (Phi) is 4.34. The van der Waals surface area contributed by atoms with Gasteiger partial charge in [0.2, 0.25) is 5.91 Å². The highest BCUT2D eigenvalue weighted by Gasteiger charge is 2.23. The Balaban J connectivity index is 1.39. The number of likely N-dealkylation sites (tertiary alicyclic amines) is 1. The number of hydrogen-bond donors (Lipinski definition) is 0. The van der Waals surface area contributed by atoms with Gasteiger partial charge < -0.3 is 9.47 Å². The molecule has 0 saturated carbocycles. The summed E-state index contributed by atoms with van der Waals surface area (Å²) in [6.45, 7) is 5.57. The average molecular weight is 324 g/mol. The van der Waals surface area contributed by atoms with E-state index in [0.717, 1.165) is 36.7 Å². The minimum atomic E-state index is 0.191. The number of fused-ring (bicyclic) bond motifs is 1. The summed E-state index contributed by atoms with van der Waals surface area (Å²) in [6, 6.07) is 9.97. The molecule has 0 unspecified atom stereocenters. The summed E-state index contributed by atoms with van der Waals surface area (Å²) in [5.41, 5.74) is 2.22. The third-order valence-electron chi connectivity index (χ3n) is 4.99. The van der Waals surface area contributed by atoms with Crippen LogP contribution in [0.4, 0.5) is 0 Å². The minimum absolute atomic E-state index is 0.191. The second kappa shape index (κ2) is 6.77. The van der Waals surface area contributed by atoms with Crippen LogP contribution in [0, 0.1) is 0 Å². The van der Waals surface area contributed by atoms with Crippen molar-refractivity contribution < 1.29 is 4.79 Å². The molecule has 2 aliphatic heterocycles. The first kappa shape index (κ1) is 15.4. The molecule has 1 saturated heterocycles. The Bertz CT molecular complexity index is 703. The number of nitrogens with zero attached hydrogens (tertiary/aromatic N) is 4. The van der Waals surface area contributed by atoms with Crippen molar-refractivity contribution in [2.45, 2.75) is 38.9 Å². The van der Waals surface area contributed by atoms with E-state index in [0.29, 0.717) is 13.0 Å². The number of amides is 1. The lowest BCUT2D eigenvalue weighted by Crippen LogP contribution is -2.39. The molecule has 2 aliphatic rings. The van der Waals surface area contributed by atoms with Crippen LogP contribution >= 0.6 is 0 Å². The molecule has 5 nitrogen and oxygen atoms in total. The standard InChI is InChI=1S/C19H24N4O/c24-19(12-16-6-2-1-3-7-16)23-11-10-22-14-17(20-18(22)15-23)13-21-8-4-5-9-21/h1-3,6-7,14H,4-5,8-13,15H2. The van der Waals surface area contributed by atoms with Crippen LogP contribution in [-0.2, 0) is 30.8 Å². The number of imidazole rings is 1. The van der Waals surface area contributed by atoms with Gasteiger partial charge in [0.25, 0.3) is 0 Å². The third-order valence-corrected chi connectivity index (χ3v) is 4.99. The summed E-state index contributed by atoms with van der Waals surface area (Å²) < 4.78 is 2.22. The summed E-state index contributed by atoms with van der Waals surface area (Å²) in [7, 11) is 0. The van der Waals surface area contributed by atoms with E-state index in [1.54, 1.807) is 0 Å². The van der Waals surface area contributed by atoms with Gasteiger partial charge in [-0.2, -0.15) is 0 Å². The van der Waals surface area contributed by atoms with E-state index in [4.69, 9.17) is 4.98 Å². The van der Waals surface area contributed by atoms with Crippen molar-refractivity contribution in [1.29, 1.82) is 0 Å². The molecule has 5 heteroatoms. The summed E-state index contributed by atoms with van der Waals surface area (Å²) in [5.74, 6) is 1.22. The first-order chi connectivity index (χ1) is 11.8. The van der Waals surface area contributed by atoms with Gasteiger partial charge in [-0.1, -0.05) is 30.3 Å². The second-order valence-electron chi connectivity index (χ2n) is 6.80. The van der Waals surface area contributed by atoms with Crippen molar-refractivity contribution >= 4 is 5.91 Å². The van der Waals surface area contributed by atoms with Crippen LogP contribution in [0.25, 0.3) is 0 Å². The van der Waals surface area contributed by atoms with E-state index >= 15 is 0 Å². The number of benzene rings is 1. The molecule has 2 aromatic rings. The smallest absolute Gasteiger partial charge is 0.227 e. The van der Waals surface area contributed by atoms with Gasteiger partial charge in [-0.25, -0.2) is 4.98 Å². The van der Waals surface area contributed by atoms with E-state index in [2.05, 4.69) is 15.7 Å². The third kappa shape index (κ3) is 3.36. The van der Waals surface area contributed by atoms with Gasteiger partial charge in [-0.15, -0.1) is 0 Å². The molecule has 1 aromatic carbocycles. The molecule has 0 spiro atoms. The highest BCUT2D eigenvalue weighted by Crippen LogP contribution is 2.17. The average Bonchev–Trinajstić information content (AvgIpc) is 3.24. The maximum absolute atomic E-state index is 12.5. The number of aromatic nitrogens is 2. The molecule has 1 aromatic heterocycles. The van der Waals surface area contributed by atoms with E-state index in [9.17, 15) is 4.79 Å². The quantitative estimate of drug-likeness (QED) is 0.864. The molecule has 0 N–H and O–H groups in total. The topological polar surface area (TPSA) is 41.4 Å². The zero-order chi connectivity index (χ0) is 16.4. The zero-order valence-electron chi connectivity index (χ0n) is 14.0. The number of carbonyl (C=O) groups is 1. The highest BCUT2D eigenvalue weighted by atomic mass is 16.2. The van der Waals surface area contributed by atoms with Crippen LogP contribution in [0.2, 0.25) is 0 Å². The lowest BCUT2D eigenvalue weighted by molar-refractivity contribution is -0.132. The molecule has 3 heterocycles. The maximum Gasteiger partial charge on any atom is 0.227 e. The first-order valence-electron chi connectivity index (χ1n) is 8.87. The van der Waals surface area contributed by atoms with Crippen LogP contribution in [0.3, 0.4) is 0 Å². The monoisotopic (exact) mass is 324 g/mol. The largest absolute Gasteiger partial charge is 0.333 e. The molecular formula is C19H24N4O. The van der Waals surface area contributed by atoms with Gasteiger partial charge in [0, 0.05) is 25.8 Å². The molecule has 1 fully saturated rings. The Morgan fingerprint density at radius 3 is 2.62 bits per heavy atom. The van der Waals surface area contributed by atoms with Crippen molar-refractivity contribution in [2.75, 3.05) is 19.6 Å². The molecule has 0 radical (unpaired) electrons. The van der Waals surface area contributed by atoms with E-state index in [1.807, 2.05) is 35.2 Å². The predicted octanol–water partition coefficient (Wildman–Crippen LogP) is 2.06. The van der Waals surface area contributed by atoms with Crippen molar-refractivity contribution in [3.63, 3.8) is 0 Å². The molecular weight excluding hydrogens is 300 g/mol. The zero-order valence-corrected chi connectivity index (χ0v) is 14.0.